The fraction of sp³-hybridized carbons (Fsp3) is 0.900. The second-order valence-electron chi connectivity index (χ2n) is 11.0. The van der Waals surface area contributed by atoms with E-state index in [1.54, 1.807) is 20.8 Å². The average molecular weight is 420 g/mol. The number of aliphatic hydroxyl groups is 2. The lowest BCUT2D eigenvalue weighted by molar-refractivity contribution is -0.389. The molecule has 0 aromatic rings. The van der Waals surface area contributed by atoms with Crippen molar-refractivity contribution in [1.82, 2.24) is 9.80 Å². The Bertz CT molecular complexity index is 755. The van der Waals surface area contributed by atoms with E-state index in [2.05, 4.69) is 0 Å². The first kappa shape index (κ1) is 22.3. The van der Waals surface area contributed by atoms with E-state index >= 15 is 0 Å². The Hall–Kier alpha value is -1.35. The van der Waals surface area contributed by atoms with E-state index in [-0.39, 0.29) is 25.7 Å². The van der Waals surface area contributed by atoms with Gasteiger partial charge in [0.25, 0.3) is 5.72 Å². The predicted octanol–water partition coefficient (Wildman–Crippen LogP) is 2.77. The van der Waals surface area contributed by atoms with Gasteiger partial charge >= 0.3 is 6.18 Å². The Labute approximate surface area is 169 Å². The molecule has 3 fully saturated rings. The molecule has 2 spiro atoms. The van der Waals surface area contributed by atoms with Gasteiger partial charge in [0, 0.05) is 10.8 Å². The van der Waals surface area contributed by atoms with Crippen LogP contribution in [0.25, 0.3) is 0 Å². The molecule has 1 aliphatic heterocycles. The highest BCUT2D eigenvalue weighted by Crippen LogP contribution is 2.70. The van der Waals surface area contributed by atoms with E-state index in [9.17, 15) is 33.0 Å². The summed E-state index contributed by atoms with van der Waals surface area (Å²) in [5.74, 6) is -1.58. The van der Waals surface area contributed by atoms with Crippen LogP contribution in [-0.2, 0) is 9.59 Å². The second-order valence-corrected chi connectivity index (χ2v) is 11.0. The van der Waals surface area contributed by atoms with Crippen LogP contribution in [0.15, 0.2) is 0 Å². The molecule has 0 unspecified atom stereocenters. The third-order valence-corrected chi connectivity index (χ3v) is 6.68. The molecule has 0 aromatic heterocycles. The lowest BCUT2D eigenvalue weighted by atomic mass is 9.77. The predicted molar refractivity (Wildman–Crippen MR) is 98.2 cm³/mol. The molecule has 2 atom stereocenters. The zero-order chi connectivity index (χ0) is 22.6. The summed E-state index contributed by atoms with van der Waals surface area (Å²) in [6.45, 7) is 10.4. The molecule has 9 heteroatoms. The Morgan fingerprint density at radius 2 is 1.10 bits per heavy atom. The first-order valence-corrected chi connectivity index (χ1v) is 9.93. The zero-order valence-corrected chi connectivity index (χ0v) is 18.1. The summed E-state index contributed by atoms with van der Waals surface area (Å²) in [6, 6.07) is 0. The standard InChI is InChI=1S/C20H31F3N2O4/c1-14(2,3)12(26)24-16(7,28)17(8-9-17)25(13(27)15(4,5)6)19(29,20(21,22)23)18(24)10-11-18/h28-29H,8-11H2,1-7H3/t16-,19-/m0/s1. The molecule has 3 rings (SSSR count). The maximum Gasteiger partial charge on any atom is 0.439 e. The average Bonchev–Trinajstić information content (AvgIpc) is 3.37. The van der Waals surface area contributed by atoms with Crippen LogP contribution in [0.3, 0.4) is 0 Å². The van der Waals surface area contributed by atoms with Gasteiger partial charge in [0.1, 0.15) is 5.54 Å². The number of hydrogen-bond acceptors (Lipinski definition) is 4. The molecule has 1 heterocycles. The highest BCUT2D eigenvalue weighted by Gasteiger charge is 2.89. The van der Waals surface area contributed by atoms with Crippen LogP contribution in [0.4, 0.5) is 13.2 Å². The van der Waals surface area contributed by atoms with Gasteiger partial charge in [0.2, 0.25) is 11.8 Å². The molecule has 0 aromatic carbocycles. The summed E-state index contributed by atoms with van der Waals surface area (Å²) in [5.41, 5.74) is -11.8. The minimum Gasteiger partial charge on any atom is -0.369 e. The molecule has 6 nitrogen and oxygen atoms in total. The molecule has 3 aliphatic rings. The number of halogens is 3. The fourth-order valence-electron chi connectivity index (χ4n) is 4.81. The number of carbonyl (C=O) groups excluding carboxylic acids is 2. The van der Waals surface area contributed by atoms with Gasteiger partial charge in [-0.3, -0.25) is 14.5 Å². The third kappa shape index (κ3) is 2.55. The maximum absolute atomic E-state index is 14.6. The molecule has 2 saturated carbocycles. The van der Waals surface area contributed by atoms with Crippen molar-refractivity contribution in [2.45, 2.75) is 103 Å². The smallest absolute Gasteiger partial charge is 0.369 e. The van der Waals surface area contributed by atoms with Gasteiger partial charge in [-0.25, -0.2) is 0 Å². The molecule has 1 saturated heterocycles. The van der Waals surface area contributed by atoms with Crippen LogP contribution in [0.5, 0.6) is 0 Å². The molecule has 0 radical (unpaired) electrons. The number of alkyl halides is 3. The van der Waals surface area contributed by atoms with Crippen molar-refractivity contribution >= 4 is 11.8 Å². The highest BCUT2D eigenvalue weighted by atomic mass is 19.4. The lowest BCUT2D eigenvalue weighted by Crippen LogP contribution is -2.87. The highest BCUT2D eigenvalue weighted by molar-refractivity contribution is 5.88. The first-order chi connectivity index (χ1) is 12.7. The molecular formula is C20H31F3N2O4. The lowest BCUT2D eigenvalue weighted by Gasteiger charge is -2.65. The van der Waals surface area contributed by atoms with Crippen molar-refractivity contribution in [3.05, 3.63) is 0 Å². The quantitative estimate of drug-likeness (QED) is 0.632. The number of nitrogens with zero attached hydrogens (tertiary/aromatic N) is 2. The van der Waals surface area contributed by atoms with Gasteiger partial charge in [0.15, 0.2) is 5.72 Å². The molecule has 2 aliphatic carbocycles. The van der Waals surface area contributed by atoms with Gasteiger partial charge in [0.05, 0.1) is 5.54 Å². The minimum absolute atomic E-state index is 0.0597. The Morgan fingerprint density at radius 3 is 1.38 bits per heavy atom. The van der Waals surface area contributed by atoms with Crippen molar-refractivity contribution in [1.29, 1.82) is 0 Å². The summed E-state index contributed by atoms with van der Waals surface area (Å²) in [4.78, 5) is 27.9. The van der Waals surface area contributed by atoms with Crippen molar-refractivity contribution in [3.8, 4) is 0 Å². The molecule has 2 N–H and O–H groups in total. The topological polar surface area (TPSA) is 81.1 Å². The van der Waals surface area contributed by atoms with Crippen LogP contribution in [0, 0.1) is 10.8 Å². The summed E-state index contributed by atoms with van der Waals surface area (Å²) in [7, 11) is 0. The van der Waals surface area contributed by atoms with Gasteiger partial charge in [-0.15, -0.1) is 0 Å². The van der Waals surface area contributed by atoms with E-state index < -0.39 is 51.3 Å². The summed E-state index contributed by atoms with van der Waals surface area (Å²) < 4.78 is 43.7. The summed E-state index contributed by atoms with van der Waals surface area (Å²) in [6.07, 6.45) is -5.42. The number of piperazine rings is 1. The van der Waals surface area contributed by atoms with Gasteiger partial charge in [-0.2, -0.15) is 13.2 Å². The normalized spacial score (nSPS) is 33.2. The zero-order valence-electron chi connectivity index (χ0n) is 18.1. The largest absolute Gasteiger partial charge is 0.439 e. The van der Waals surface area contributed by atoms with Crippen LogP contribution >= 0.6 is 0 Å². The monoisotopic (exact) mass is 420 g/mol. The molecule has 29 heavy (non-hydrogen) atoms. The fourth-order valence-corrected chi connectivity index (χ4v) is 4.81. The van der Waals surface area contributed by atoms with Gasteiger partial charge < -0.3 is 15.1 Å². The second kappa shape index (κ2) is 5.46. The van der Waals surface area contributed by atoms with Crippen molar-refractivity contribution < 1.29 is 33.0 Å². The molecular weight excluding hydrogens is 389 g/mol. The van der Waals surface area contributed by atoms with E-state index in [1.807, 2.05) is 0 Å². The van der Waals surface area contributed by atoms with Crippen LogP contribution in [0.2, 0.25) is 0 Å². The first-order valence-electron chi connectivity index (χ1n) is 9.93. The molecule has 2 amide bonds. The Morgan fingerprint density at radius 1 is 0.759 bits per heavy atom. The Balaban J connectivity index is 2.33. The van der Waals surface area contributed by atoms with Crippen molar-refractivity contribution in [2.24, 2.45) is 10.8 Å². The van der Waals surface area contributed by atoms with E-state index in [0.717, 1.165) is 4.90 Å². The van der Waals surface area contributed by atoms with E-state index in [1.165, 1.54) is 27.7 Å². The third-order valence-electron chi connectivity index (χ3n) is 6.68. The number of hydrogen-bond donors (Lipinski definition) is 2. The molecule has 166 valence electrons. The number of carbonyl (C=O) groups is 2. The van der Waals surface area contributed by atoms with Crippen LogP contribution < -0.4 is 0 Å². The Kier molecular flexibility index (Phi) is 4.21. The van der Waals surface area contributed by atoms with Crippen LogP contribution in [0.1, 0.15) is 74.1 Å². The van der Waals surface area contributed by atoms with E-state index in [4.69, 9.17) is 0 Å². The van der Waals surface area contributed by atoms with Crippen molar-refractivity contribution in [3.63, 3.8) is 0 Å². The number of amides is 2. The minimum atomic E-state index is -5.22. The van der Waals surface area contributed by atoms with Gasteiger partial charge in [-0.1, -0.05) is 41.5 Å². The van der Waals surface area contributed by atoms with Crippen LogP contribution in [-0.4, -0.2) is 60.5 Å². The van der Waals surface area contributed by atoms with Crippen molar-refractivity contribution in [2.75, 3.05) is 0 Å². The van der Waals surface area contributed by atoms with Gasteiger partial charge in [-0.05, 0) is 32.6 Å². The SMILES string of the molecule is CC(C)(C)C(=O)N1C2(CC2)[C@](C)(O)N(C(=O)C(C)(C)C)C2(CC2)[C@]1(O)C(F)(F)F. The van der Waals surface area contributed by atoms with E-state index in [0.29, 0.717) is 4.90 Å². The number of rotatable bonds is 0. The summed E-state index contributed by atoms with van der Waals surface area (Å²) >= 11 is 0. The maximum atomic E-state index is 14.6. The summed E-state index contributed by atoms with van der Waals surface area (Å²) in [5, 5.41) is 22.9. The molecule has 0 bridgehead atoms.